The molecule has 1 aromatic heterocycles. The van der Waals surface area contributed by atoms with E-state index in [0.717, 1.165) is 11.1 Å². The number of hydrogen-bond donors (Lipinski definition) is 0. The van der Waals surface area contributed by atoms with E-state index in [9.17, 15) is 0 Å². The van der Waals surface area contributed by atoms with Crippen molar-refractivity contribution in [2.24, 2.45) is 0 Å². The van der Waals surface area contributed by atoms with Gasteiger partial charge < -0.3 is 13.9 Å². The molecule has 0 spiro atoms. The molecule has 88 valence electrons. The Hall–Kier alpha value is -1.00. The summed E-state index contributed by atoms with van der Waals surface area (Å²) in [5, 5.41) is 3.78. The van der Waals surface area contributed by atoms with Crippen LogP contribution < -0.4 is 9.47 Å². The van der Waals surface area contributed by atoms with Crippen LogP contribution in [-0.4, -0.2) is 14.2 Å². The zero-order chi connectivity index (χ0) is 12.3. The third-order valence-electron chi connectivity index (χ3n) is 2.24. The maximum atomic E-state index is 5.60. The van der Waals surface area contributed by atoms with Crippen molar-refractivity contribution in [1.29, 1.82) is 0 Å². The molecule has 0 saturated heterocycles. The van der Waals surface area contributed by atoms with Gasteiger partial charge in [0.2, 0.25) is 0 Å². The topological polar surface area (TPSA) is 31.6 Å². The molecule has 0 aliphatic carbocycles. The van der Waals surface area contributed by atoms with Gasteiger partial charge in [-0.3, -0.25) is 0 Å². The van der Waals surface area contributed by atoms with Gasteiger partial charge in [0, 0.05) is 39.4 Å². The summed E-state index contributed by atoms with van der Waals surface area (Å²) in [6, 6.07) is 5.51. The molecule has 1 heterocycles. The lowest BCUT2D eigenvalue weighted by Gasteiger charge is -2.04. The number of methoxy groups -OCH3 is 2. The van der Waals surface area contributed by atoms with Crippen LogP contribution in [0.25, 0.3) is 11.0 Å². The minimum Gasteiger partial charge on any atom is -0.496 e. The van der Waals surface area contributed by atoms with E-state index in [1.165, 1.54) is 8.93 Å². The highest BCUT2D eigenvalue weighted by Crippen LogP contribution is 2.33. The van der Waals surface area contributed by atoms with Gasteiger partial charge in [0.15, 0.2) is 5.76 Å². The molecule has 0 aliphatic rings. The number of benzene rings is 1. The van der Waals surface area contributed by atoms with Gasteiger partial charge in [0.1, 0.15) is 17.1 Å². The molecule has 5 heteroatoms. The maximum absolute atomic E-state index is 5.60. The minimum atomic E-state index is 0.621. The first-order valence-corrected chi connectivity index (χ1v) is 8.08. The second-order valence-corrected chi connectivity index (χ2v) is 4.84. The monoisotopic (exact) mass is 360 g/mol. The zero-order valence-corrected chi connectivity index (χ0v) is 12.2. The number of halogens is 1. The molecule has 0 amide bonds. The van der Waals surface area contributed by atoms with E-state index in [4.69, 9.17) is 13.9 Å². The number of fused-ring (bicyclic) bond motifs is 1. The Morgan fingerprint density at radius 3 is 2.71 bits per heavy atom. The third kappa shape index (κ3) is 2.64. The highest BCUT2D eigenvalue weighted by molar-refractivity contribution is 14.2. The second kappa shape index (κ2) is 5.56. The highest BCUT2D eigenvalue weighted by atomic mass is 127. The van der Waals surface area contributed by atoms with Gasteiger partial charge in [0.25, 0.3) is 0 Å². The second-order valence-electron chi connectivity index (χ2n) is 3.16. The molecule has 0 bridgehead atoms. The third-order valence-corrected chi connectivity index (χ3v) is 3.08. The number of furan rings is 1. The highest BCUT2D eigenvalue weighted by Gasteiger charge is 2.10. The van der Waals surface area contributed by atoms with Crippen molar-refractivity contribution in [1.82, 2.24) is 0 Å². The molecule has 2 rings (SSSR count). The fraction of sp³-hybridized carbons (Fsp3) is 0.167. The Labute approximate surface area is 115 Å². The first kappa shape index (κ1) is 12.5. The van der Waals surface area contributed by atoms with Gasteiger partial charge in [-0.2, -0.15) is 0 Å². The average Bonchev–Trinajstić information content (AvgIpc) is 2.77. The Balaban J connectivity index is 2.58. The molecular formula is C12H9IO3S. The van der Waals surface area contributed by atoms with Crippen LogP contribution in [0, 0.1) is 11.2 Å². The van der Waals surface area contributed by atoms with Gasteiger partial charge in [-0.15, -0.1) is 0 Å². The largest absolute Gasteiger partial charge is 0.496 e. The van der Waals surface area contributed by atoms with E-state index < -0.39 is 0 Å². The number of rotatable bonds is 2. The van der Waals surface area contributed by atoms with Gasteiger partial charge in [-0.1, -0.05) is 0 Å². The molecule has 3 nitrogen and oxygen atoms in total. The van der Waals surface area contributed by atoms with E-state index in [1.54, 1.807) is 14.2 Å². The number of ether oxygens (including phenoxy) is 2. The van der Waals surface area contributed by atoms with Crippen molar-refractivity contribution < 1.29 is 13.9 Å². The van der Waals surface area contributed by atoms with E-state index in [0.29, 0.717) is 17.1 Å². The molecule has 0 atom stereocenters. The fourth-order valence-electron chi connectivity index (χ4n) is 1.50. The van der Waals surface area contributed by atoms with Crippen LogP contribution in [-0.2, 0) is 0 Å². The predicted molar refractivity (Wildman–Crippen MR) is 77.8 cm³/mol. The summed E-state index contributed by atoms with van der Waals surface area (Å²) in [6.07, 6.45) is 0. The smallest absolute Gasteiger partial charge is 0.179 e. The molecule has 0 unspecified atom stereocenters. The average molecular weight is 360 g/mol. The quantitative estimate of drug-likeness (QED) is 0.602. The summed E-state index contributed by atoms with van der Waals surface area (Å²) in [5.74, 6) is 4.96. The normalized spacial score (nSPS) is 9.82. The summed E-state index contributed by atoms with van der Waals surface area (Å²) >= 11 is 2.11. The van der Waals surface area contributed by atoms with E-state index in [-0.39, 0.29) is 0 Å². The summed E-state index contributed by atoms with van der Waals surface area (Å²) in [6.45, 7) is 0. The Morgan fingerprint density at radius 1 is 1.24 bits per heavy atom. The Morgan fingerprint density at radius 2 is 2.06 bits per heavy atom. The first-order valence-electron chi connectivity index (χ1n) is 4.72. The Bertz CT molecular complexity index is 595. The van der Waals surface area contributed by atoms with Crippen LogP contribution in [0.3, 0.4) is 0 Å². The van der Waals surface area contributed by atoms with Gasteiger partial charge in [-0.05, 0) is 20.1 Å². The fourth-order valence-corrected chi connectivity index (χ4v) is 1.97. The first-order chi connectivity index (χ1) is 8.28. The lowest BCUT2D eigenvalue weighted by Crippen LogP contribution is -1.86. The van der Waals surface area contributed by atoms with Crippen LogP contribution in [0.1, 0.15) is 5.76 Å². The van der Waals surface area contributed by atoms with Gasteiger partial charge >= 0.3 is 0 Å². The number of hydrogen-bond acceptors (Lipinski definition) is 4. The summed E-state index contributed by atoms with van der Waals surface area (Å²) in [4.78, 5) is 0. The lowest BCUT2D eigenvalue weighted by molar-refractivity contribution is 0.397. The van der Waals surface area contributed by atoms with Crippen molar-refractivity contribution in [3.8, 4) is 22.7 Å². The standard InChI is InChI=1S/C12H9IO3S/c1-14-9-6-11(15-2)10-5-8(3-4-17-13)16-12(10)7-9/h5-7H,1-2H3. The van der Waals surface area contributed by atoms with E-state index in [2.05, 4.69) is 32.4 Å². The lowest BCUT2D eigenvalue weighted by atomic mass is 10.2. The molecule has 2 aromatic rings. The van der Waals surface area contributed by atoms with Crippen LogP contribution in [0.4, 0.5) is 0 Å². The summed E-state index contributed by atoms with van der Waals surface area (Å²) in [5.41, 5.74) is 0.712. The summed E-state index contributed by atoms with van der Waals surface area (Å²) in [7, 11) is 4.64. The Kier molecular flexibility index (Phi) is 4.07. The van der Waals surface area contributed by atoms with Crippen LogP contribution >= 0.6 is 30.1 Å². The van der Waals surface area contributed by atoms with Crippen molar-refractivity contribution in [2.45, 2.75) is 0 Å². The van der Waals surface area contributed by atoms with Crippen molar-refractivity contribution >= 4 is 41.1 Å². The SMILES string of the molecule is COc1cc(OC)c2cc(C#CSI)oc2c1. The van der Waals surface area contributed by atoms with Crippen LogP contribution in [0.15, 0.2) is 22.6 Å². The predicted octanol–water partition coefficient (Wildman–Crippen LogP) is 3.84. The molecular weight excluding hydrogens is 351 g/mol. The van der Waals surface area contributed by atoms with Crippen LogP contribution in [0.2, 0.25) is 0 Å². The van der Waals surface area contributed by atoms with Crippen LogP contribution in [0.5, 0.6) is 11.5 Å². The molecule has 17 heavy (non-hydrogen) atoms. The molecule has 0 aliphatic heterocycles. The maximum Gasteiger partial charge on any atom is 0.179 e. The van der Waals surface area contributed by atoms with Gasteiger partial charge in [-0.25, -0.2) is 0 Å². The van der Waals surface area contributed by atoms with E-state index >= 15 is 0 Å². The van der Waals surface area contributed by atoms with Crippen molar-refractivity contribution in [2.75, 3.05) is 14.2 Å². The minimum absolute atomic E-state index is 0.621. The zero-order valence-electron chi connectivity index (χ0n) is 9.24. The molecule has 0 saturated carbocycles. The van der Waals surface area contributed by atoms with Crippen molar-refractivity contribution in [3.63, 3.8) is 0 Å². The summed E-state index contributed by atoms with van der Waals surface area (Å²) < 4.78 is 16.1. The van der Waals surface area contributed by atoms with Crippen molar-refractivity contribution in [3.05, 3.63) is 24.0 Å². The molecule has 1 aromatic carbocycles. The van der Waals surface area contributed by atoms with Gasteiger partial charge in [0.05, 0.1) is 19.6 Å². The van der Waals surface area contributed by atoms with E-state index in [1.807, 2.05) is 18.2 Å². The molecule has 0 N–H and O–H groups in total. The molecule has 0 radical (unpaired) electrons. The molecule has 0 fully saturated rings.